The summed E-state index contributed by atoms with van der Waals surface area (Å²) < 4.78 is 24.3. The molecule has 25 heavy (non-hydrogen) atoms. The molecule has 0 bridgehead atoms. The van der Waals surface area contributed by atoms with Crippen molar-refractivity contribution in [2.45, 2.75) is 10.6 Å². The first kappa shape index (κ1) is 17.0. The maximum absolute atomic E-state index is 14.1. The Bertz CT molecular complexity index is 972. The van der Waals surface area contributed by atoms with Crippen molar-refractivity contribution in [1.82, 2.24) is 9.97 Å². The van der Waals surface area contributed by atoms with Gasteiger partial charge in [-0.15, -0.1) is 11.8 Å². The third-order valence-corrected chi connectivity index (χ3v) is 4.61. The molecule has 0 saturated heterocycles. The molecule has 0 unspecified atom stereocenters. The maximum atomic E-state index is 14.1. The van der Waals surface area contributed by atoms with Gasteiger partial charge in [0.15, 0.2) is 0 Å². The van der Waals surface area contributed by atoms with Gasteiger partial charge < -0.3 is 9.47 Å². The second kappa shape index (κ2) is 7.36. The van der Waals surface area contributed by atoms with E-state index in [1.807, 2.05) is 18.2 Å². The van der Waals surface area contributed by atoms with Gasteiger partial charge in [-0.05, 0) is 23.6 Å². The van der Waals surface area contributed by atoms with Crippen molar-refractivity contribution in [3.63, 3.8) is 0 Å². The highest BCUT2D eigenvalue weighted by molar-refractivity contribution is 7.98. The van der Waals surface area contributed by atoms with Gasteiger partial charge in [0, 0.05) is 16.0 Å². The minimum Gasteiger partial charge on any atom is -0.477 e. The van der Waals surface area contributed by atoms with Gasteiger partial charge in [0.05, 0.1) is 31.7 Å². The number of hydrogen-bond donors (Lipinski definition) is 0. The first-order chi connectivity index (χ1) is 12.2. The molecular weight excluding hydrogens is 341 g/mol. The molecule has 0 saturated carbocycles. The Morgan fingerprint density at radius 3 is 2.68 bits per heavy atom. The van der Waals surface area contributed by atoms with Crippen LogP contribution in [-0.2, 0) is 5.75 Å². The van der Waals surface area contributed by atoms with E-state index in [1.54, 1.807) is 30.1 Å². The van der Waals surface area contributed by atoms with Crippen molar-refractivity contribution in [3.8, 4) is 17.8 Å². The second-order valence-electron chi connectivity index (χ2n) is 5.09. The summed E-state index contributed by atoms with van der Waals surface area (Å²) in [6.45, 7) is 0. The summed E-state index contributed by atoms with van der Waals surface area (Å²) in [5, 5.41) is 10.1. The van der Waals surface area contributed by atoms with Crippen LogP contribution in [0, 0.1) is 17.1 Å². The van der Waals surface area contributed by atoms with Crippen molar-refractivity contribution in [2.75, 3.05) is 14.2 Å². The zero-order valence-electron chi connectivity index (χ0n) is 13.6. The van der Waals surface area contributed by atoms with Gasteiger partial charge in [-0.25, -0.2) is 14.4 Å². The molecule has 0 aliphatic rings. The summed E-state index contributed by atoms with van der Waals surface area (Å²) in [7, 11) is 3.02. The lowest BCUT2D eigenvalue weighted by atomic mass is 10.1. The highest BCUT2D eigenvalue weighted by Crippen LogP contribution is 2.29. The van der Waals surface area contributed by atoms with Gasteiger partial charge in [-0.3, -0.25) is 0 Å². The number of aromatic nitrogens is 2. The zero-order chi connectivity index (χ0) is 17.8. The molecule has 0 radical (unpaired) electrons. The first-order valence-corrected chi connectivity index (χ1v) is 8.34. The summed E-state index contributed by atoms with van der Waals surface area (Å²) in [5.41, 5.74) is 0.794. The van der Waals surface area contributed by atoms with E-state index >= 15 is 0 Å². The summed E-state index contributed by atoms with van der Waals surface area (Å²) in [5.74, 6) is 0.774. The highest BCUT2D eigenvalue weighted by Gasteiger charge is 2.10. The van der Waals surface area contributed by atoms with Gasteiger partial charge in [0.2, 0.25) is 0 Å². The van der Waals surface area contributed by atoms with Crippen LogP contribution < -0.4 is 9.47 Å². The highest BCUT2D eigenvalue weighted by atomic mass is 32.2. The quantitative estimate of drug-likeness (QED) is 0.646. The van der Waals surface area contributed by atoms with Crippen LogP contribution in [0.15, 0.2) is 41.4 Å². The van der Waals surface area contributed by atoms with E-state index in [1.165, 1.54) is 20.3 Å². The Kier molecular flexibility index (Phi) is 5.00. The Labute approximate surface area is 148 Å². The molecule has 0 aliphatic carbocycles. The van der Waals surface area contributed by atoms with Crippen molar-refractivity contribution in [3.05, 3.63) is 53.6 Å². The van der Waals surface area contributed by atoms with Crippen LogP contribution in [-0.4, -0.2) is 24.2 Å². The van der Waals surface area contributed by atoms with Crippen LogP contribution in [0.4, 0.5) is 4.39 Å². The molecule has 0 atom stereocenters. The summed E-state index contributed by atoms with van der Waals surface area (Å²) in [6, 6.07) is 10.5. The third-order valence-electron chi connectivity index (χ3n) is 3.58. The molecule has 5 nitrogen and oxygen atoms in total. The Morgan fingerprint density at radius 2 is 1.96 bits per heavy atom. The Balaban J connectivity index is 1.81. The number of methoxy groups -OCH3 is 2. The topological polar surface area (TPSA) is 68.0 Å². The van der Waals surface area contributed by atoms with Crippen LogP contribution in [0.3, 0.4) is 0 Å². The molecule has 126 valence electrons. The van der Waals surface area contributed by atoms with Crippen LogP contribution in [0.1, 0.15) is 11.3 Å². The van der Waals surface area contributed by atoms with Gasteiger partial charge in [-0.2, -0.15) is 5.26 Å². The molecule has 3 rings (SSSR count). The Hall–Kier alpha value is -2.85. The maximum Gasteiger partial charge on any atom is 0.278 e. The Morgan fingerprint density at radius 1 is 1.16 bits per heavy atom. The van der Waals surface area contributed by atoms with Crippen LogP contribution in [0.5, 0.6) is 11.8 Å². The SMILES string of the molecule is COc1ncc(CSc2ccc3c(F)c(C#N)ccc3c2)nc1OC. The molecule has 0 fully saturated rings. The predicted molar refractivity (Wildman–Crippen MR) is 93.3 cm³/mol. The van der Waals surface area contributed by atoms with Crippen molar-refractivity contribution in [1.29, 1.82) is 5.26 Å². The molecular formula is C18H14FN3O2S. The van der Waals surface area contributed by atoms with E-state index in [2.05, 4.69) is 9.97 Å². The lowest BCUT2D eigenvalue weighted by Crippen LogP contribution is -1.99. The summed E-state index contributed by atoms with van der Waals surface area (Å²) >= 11 is 1.55. The van der Waals surface area contributed by atoms with Crippen LogP contribution in [0.2, 0.25) is 0 Å². The smallest absolute Gasteiger partial charge is 0.278 e. The van der Waals surface area contributed by atoms with Crippen molar-refractivity contribution in [2.24, 2.45) is 0 Å². The average Bonchev–Trinajstić information content (AvgIpc) is 2.66. The third kappa shape index (κ3) is 3.49. The number of halogens is 1. The number of fused-ring (bicyclic) bond motifs is 1. The summed E-state index contributed by atoms with van der Waals surface area (Å²) in [4.78, 5) is 9.47. The number of nitrogens with zero attached hydrogens (tertiary/aromatic N) is 3. The standard InChI is InChI=1S/C18H14FN3O2S/c1-23-17-18(24-2)22-13(9-21-17)10-25-14-5-6-15-11(7-14)3-4-12(8-20)16(15)19/h3-7,9H,10H2,1-2H3. The fourth-order valence-corrected chi connectivity index (χ4v) is 3.17. The van der Waals surface area contributed by atoms with E-state index < -0.39 is 5.82 Å². The molecule has 0 N–H and O–H groups in total. The van der Waals surface area contributed by atoms with Gasteiger partial charge >= 0.3 is 0 Å². The molecule has 2 aromatic carbocycles. The van der Waals surface area contributed by atoms with E-state index in [-0.39, 0.29) is 5.56 Å². The fraction of sp³-hybridized carbons (Fsp3) is 0.167. The number of nitriles is 1. The van der Waals surface area contributed by atoms with Crippen molar-refractivity contribution < 1.29 is 13.9 Å². The molecule has 1 aromatic heterocycles. The van der Waals surface area contributed by atoms with Crippen molar-refractivity contribution >= 4 is 22.5 Å². The monoisotopic (exact) mass is 355 g/mol. The number of thioether (sulfide) groups is 1. The molecule has 0 amide bonds. The van der Waals surface area contributed by atoms with Gasteiger partial charge in [-0.1, -0.05) is 12.1 Å². The number of ether oxygens (including phenoxy) is 2. The first-order valence-electron chi connectivity index (χ1n) is 7.35. The zero-order valence-corrected chi connectivity index (χ0v) is 14.4. The van der Waals surface area contributed by atoms with Gasteiger partial charge in [0.25, 0.3) is 11.8 Å². The summed E-state index contributed by atoms with van der Waals surface area (Å²) in [6.07, 6.45) is 1.63. The number of hydrogen-bond acceptors (Lipinski definition) is 6. The van der Waals surface area contributed by atoms with E-state index in [0.29, 0.717) is 22.9 Å². The molecule has 0 spiro atoms. The lowest BCUT2D eigenvalue weighted by molar-refractivity contribution is 0.330. The largest absolute Gasteiger partial charge is 0.477 e. The molecule has 1 heterocycles. The fourth-order valence-electron chi connectivity index (χ4n) is 2.34. The van der Waals surface area contributed by atoms with E-state index in [4.69, 9.17) is 14.7 Å². The normalized spacial score (nSPS) is 10.5. The molecule has 7 heteroatoms. The average molecular weight is 355 g/mol. The van der Waals surface area contributed by atoms with Gasteiger partial charge in [0.1, 0.15) is 11.9 Å². The number of benzene rings is 2. The molecule has 0 aliphatic heterocycles. The predicted octanol–water partition coefficient (Wildman–Crippen LogP) is 3.95. The molecule has 3 aromatic rings. The minimum absolute atomic E-state index is 0.0495. The minimum atomic E-state index is -0.484. The van der Waals surface area contributed by atoms with E-state index in [0.717, 1.165) is 16.0 Å². The van der Waals surface area contributed by atoms with Crippen LogP contribution >= 0.6 is 11.8 Å². The van der Waals surface area contributed by atoms with Crippen LogP contribution in [0.25, 0.3) is 10.8 Å². The number of rotatable bonds is 5. The van der Waals surface area contributed by atoms with E-state index in [9.17, 15) is 4.39 Å². The lowest BCUT2D eigenvalue weighted by Gasteiger charge is -2.08. The second-order valence-corrected chi connectivity index (χ2v) is 6.14.